The van der Waals surface area contributed by atoms with Crippen LogP contribution in [0.4, 0.5) is 5.69 Å². The van der Waals surface area contributed by atoms with Crippen LogP contribution in [0.2, 0.25) is 0 Å². The van der Waals surface area contributed by atoms with Crippen LogP contribution in [0.15, 0.2) is 32.6 Å². The first-order chi connectivity index (χ1) is 10.6. The summed E-state index contributed by atoms with van der Waals surface area (Å²) >= 11 is 4.89. The van der Waals surface area contributed by atoms with Gasteiger partial charge in [0.05, 0.1) is 0 Å². The van der Waals surface area contributed by atoms with E-state index in [9.17, 15) is 4.79 Å². The lowest BCUT2D eigenvalue weighted by atomic mass is 10.1. The predicted octanol–water partition coefficient (Wildman–Crippen LogP) is 3.85. The number of H-pyrrole nitrogens is 1. The second-order valence-electron chi connectivity index (χ2n) is 4.95. The van der Waals surface area contributed by atoms with Gasteiger partial charge in [-0.3, -0.25) is 9.78 Å². The summed E-state index contributed by atoms with van der Waals surface area (Å²) in [6.07, 6.45) is 4.77. The fourth-order valence-electron chi connectivity index (χ4n) is 1.99. The Labute approximate surface area is 142 Å². The number of hydrogen-bond donors (Lipinski definition) is 2. The molecule has 22 heavy (non-hydrogen) atoms. The lowest BCUT2D eigenvalue weighted by molar-refractivity contribution is 0.705. The summed E-state index contributed by atoms with van der Waals surface area (Å²) in [5.41, 5.74) is 6.97. The quantitative estimate of drug-likeness (QED) is 0.431. The van der Waals surface area contributed by atoms with Gasteiger partial charge in [0, 0.05) is 21.5 Å². The largest absolute Gasteiger partial charge is 0.398 e. The zero-order chi connectivity index (χ0) is 15.9. The number of nitrogens with zero attached hydrogens (tertiary/aromatic N) is 2. The van der Waals surface area contributed by atoms with Crippen LogP contribution in [0.3, 0.4) is 0 Å². The van der Waals surface area contributed by atoms with Gasteiger partial charge >= 0.3 is 0 Å². The molecule has 2 rings (SSSR count). The van der Waals surface area contributed by atoms with E-state index >= 15 is 0 Å². The van der Waals surface area contributed by atoms with Crippen LogP contribution in [0.25, 0.3) is 11.3 Å². The monoisotopic (exact) mass is 382 g/mol. The molecule has 0 amide bonds. The molecule has 0 radical (unpaired) electrons. The maximum atomic E-state index is 12.2. The molecule has 0 atom stereocenters. The third-order valence-corrected chi connectivity index (χ3v) is 4.63. The summed E-state index contributed by atoms with van der Waals surface area (Å²) in [6, 6.07) is 5.32. The summed E-state index contributed by atoms with van der Waals surface area (Å²) < 4.78 is 0.840. The average molecular weight is 383 g/mol. The fourth-order valence-corrected chi connectivity index (χ4v) is 3.16. The van der Waals surface area contributed by atoms with Crippen molar-refractivity contribution in [3.63, 3.8) is 0 Å². The van der Waals surface area contributed by atoms with Crippen molar-refractivity contribution in [3.8, 4) is 11.3 Å². The molecule has 0 fully saturated rings. The number of nitrogen functional groups attached to an aromatic ring is 1. The smallest absolute Gasteiger partial charge is 0.278 e. The summed E-state index contributed by atoms with van der Waals surface area (Å²) in [7, 11) is 0. The minimum Gasteiger partial charge on any atom is -0.398 e. The van der Waals surface area contributed by atoms with Gasteiger partial charge in [0.15, 0.2) is 10.9 Å². The maximum Gasteiger partial charge on any atom is 0.278 e. The number of rotatable bonds is 7. The van der Waals surface area contributed by atoms with Crippen LogP contribution in [-0.2, 0) is 0 Å². The van der Waals surface area contributed by atoms with Crippen molar-refractivity contribution in [2.24, 2.45) is 0 Å². The van der Waals surface area contributed by atoms with E-state index in [1.54, 1.807) is 12.1 Å². The van der Waals surface area contributed by atoms with E-state index in [0.717, 1.165) is 16.6 Å². The molecular weight excluding hydrogens is 364 g/mol. The lowest BCUT2D eigenvalue weighted by Gasteiger charge is -2.05. The van der Waals surface area contributed by atoms with Gasteiger partial charge in [-0.05, 0) is 24.6 Å². The van der Waals surface area contributed by atoms with Gasteiger partial charge in [0.25, 0.3) is 5.56 Å². The number of nitrogens with two attached hydrogens (primary N) is 1. The Balaban J connectivity index is 2.10. The molecule has 0 aliphatic carbocycles. The van der Waals surface area contributed by atoms with Gasteiger partial charge in [-0.15, -0.1) is 10.2 Å². The van der Waals surface area contributed by atoms with Crippen LogP contribution in [0, 0.1) is 0 Å². The molecule has 1 aromatic heterocycles. The first-order valence-electron chi connectivity index (χ1n) is 7.27. The number of nitrogens with one attached hydrogen (secondary N) is 1. The number of halogens is 1. The number of aromatic amines is 1. The van der Waals surface area contributed by atoms with Gasteiger partial charge in [-0.2, -0.15) is 0 Å². The molecule has 118 valence electrons. The van der Waals surface area contributed by atoms with Gasteiger partial charge < -0.3 is 5.73 Å². The minimum atomic E-state index is -0.268. The Morgan fingerprint density at radius 3 is 2.82 bits per heavy atom. The third-order valence-electron chi connectivity index (χ3n) is 3.18. The number of unbranched alkanes of at least 4 members (excludes halogenated alkanes) is 3. The van der Waals surface area contributed by atoms with Crippen molar-refractivity contribution < 1.29 is 0 Å². The predicted molar refractivity (Wildman–Crippen MR) is 95.1 cm³/mol. The van der Waals surface area contributed by atoms with E-state index < -0.39 is 0 Å². The molecular formula is C15H19BrN4OS. The van der Waals surface area contributed by atoms with Gasteiger partial charge in [-0.1, -0.05) is 53.9 Å². The molecule has 0 bridgehead atoms. The second-order valence-corrected chi connectivity index (χ2v) is 6.95. The van der Waals surface area contributed by atoms with Gasteiger partial charge in [0.1, 0.15) is 0 Å². The molecule has 7 heteroatoms. The Morgan fingerprint density at radius 1 is 1.27 bits per heavy atom. The molecule has 5 nitrogen and oxygen atoms in total. The average Bonchev–Trinajstić information content (AvgIpc) is 2.50. The highest BCUT2D eigenvalue weighted by Crippen LogP contribution is 2.25. The van der Waals surface area contributed by atoms with Crippen molar-refractivity contribution in [2.45, 2.75) is 37.8 Å². The minimum absolute atomic E-state index is 0.245. The van der Waals surface area contributed by atoms with Crippen molar-refractivity contribution >= 4 is 33.4 Å². The molecule has 0 unspecified atom stereocenters. The molecule has 2 aromatic rings. The van der Waals surface area contributed by atoms with E-state index in [-0.39, 0.29) is 11.3 Å². The van der Waals surface area contributed by atoms with Crippen molar-refractivity contribution in [3.05, 3.63) is 33.0 Å². The lowest BCUT2D eigenvalue weighted by Crippen LogP contribution is -2.15. The summed E-state index contributed by atoms with van der Waals surface area (Å²) in [5, 5.41) is 8.70. The van der Waals surface area contributed by atoms with E-state index in [1.165, 1.54) is 31.0 Å². The first kappa shape index (κ1) is 17.0. The summed E-state index contributed by atoms with van der Waals surface area (Å²) in [6.45, 7) is 2.18. The van der Waals surface area contributed by atoms with Crippen molar-refractivity contribution in [2.75, 3.05) is 11.5 Å². The zero-order valence-electron chi connectivity index (χ0n) is 12.4. The number of anilines is 1. The molecule has 0 aliphatic rings. The van der Waals surface area contributed by atoms with Gasteiger partial charge in [0.2, 0.25) is 0 Å². The Morgan fingerprint density at radius 2 is 2.09 bits per heavy atom. The highest BCUT2D eigenvalue weighted by atomic mass is 79.9. The molecule has 0 saturated carbocycles. The van der Waals surface area contributed by atoms with Crippen molar-refractivity contribution in [1.29, 1.82) is 0 Å². The van der Waals surface area contributed by atoms with E-state index in [1.807, 2.05) is 6.07 Å². The fraction of sp³-hybridized carbons (Fsp3) is 0.400. The summed E-state index contributed by atoms with van der Waals surface area (Å²) in [4.78, 5) is 15.0. The number of benzene rings is 1. The number of hydrogen-bond acceptors (Lipinski definition) is 5. The standard InChI is InChI=1S/C15H19BrN4OS/c1-2-3-4-5-8-22-15-18-14(21)13(19-20-15)11-9-10(16)6-7-12(11)17/h6-7,9H,2-5,8,17H2,1H3,(H,18,20,21). The Kier molecular flexibility index (Phi) is 6.45. The zero-order valence-corrected chi connectivity index (χ0v) is 14.8. The Hall–Kier alpha value is -1.34. The highest BCUT2D eigenvalue weighted by Gasteiger charge is 2.11. The number of aromatic nitrogens is 3. The molecule has 0 aliphatic heterocycles. The molecule has 3 N–H and O–H groups in total. The number of thioether (sulfide) groups is 1. The van der Waals surface area contributed by atoms with Crippen molar-refractivity contribution in [1.82, 2.24) is 15.2 Å². The van der Waals surface area contributed by atoms with Gasteiger partial charge in [-0.25, -0.2) is 0 Å². The summed E-state index contributed by atoms with van der Waals surface area (Å²) in [5.74, 6) is 0.934. The van der Waals surface area contributed by atoms with E-state index in [4.69, 9.17) is 5.73 Å². The van der Waals surface area contributed by atoms with E-state index in [2.05, 4.69) is 38.0 Å². The topological polar surface area (TPSA) is 84.7 Å². The van der Waals surface area contributed by atoms with Crippen LogP contribution in [0.5, 0.6) is 0 Å². The van der Waals surface area contributed by atoms with E-state index in [0.29, 0.717) is 16.4 Å². The SMILES string of the molecule is CCCCCCSc1nnc(-c2cc(Br)ccc2N)c(=O)[nH]1. The highest BCUT2D eigenvalue weighted by molar-refractivity contribution is 9.10. The molecule has 0 saturated heterocycles. The van der Waals surface area contributed by atoms with Crippen LogP contribution < -0.4 is 11.3 Å². The molecule has 0 spiro atoms. The maximum absolute atomic E-state index is 12.2. The molecule has 1 aromatic carbocycles. The third kappa shape index (κ3) is 4.58. The van der Waals surface area contributed by atoms with Crippen LogP contribution in [0.1, 0.15) is 32.6 Å². The van der Waals surface area contributed by atoms with Crippen LogP contribution >= 0.6 is 27.7 Å². The normalized spacial score (nSPS) is 10.8. The second kappa shape index (κ2) is 8.33. The Bertz CT molecular complexity index is 689. The molecule has 1 heterocycles. The van der Waals surface area contributed by atoms with Crippen LogP contribution in [-0.4, -0.2) is 20.9 Å². The first-order valence-corrected chi connectivity index (χ1v) is 9.05.